The molecular weight excluding hydrogens is 278 g/mol. The van der Waals surface area contributed by atoms with E-state index in [4.69, 9.17) is 0 Å². The molecule has 1 aliphatic carbocycles. The summed E-state index contributed by atoms with van der Waals surface area (Å²) in [5, 5.41) is 12.3. The molecule has 0 unspecified atom stereocenters. The zero-order chi connectivity index (χ0) is 15.9. The number of carbonyl (C=O) groups excluding carboxylic acids is 1. The predicted molar refractivity (Wildman–Crippen MR) is 85.6 cm³/mol. The van der Waals surface area contributed by atoms with Gasteiger partial charge >= 0.3 is 5.97 Å². The van der Waals surface area contributed by atoms with Crippen LogP contribution in [0.1, 0.15) is 50.5 Å². The van der Waals surface area contributed by atoms with Gasteiger partial charge in [0.25, 0.3) is 0 Å². The molecule has 0 aliphatic heterocycles. The number of aliphatic carboxylic acids is 1. The molecule has 0 bridgehead atoms. The van der Waals surface area contributed by atoms with Gasteiger partial charge in [-0.05, 0) is 24.8 Å². The van der Waals surface area contributed by atoms with Gasteiger partial charge in [0.2, 0.25) is 5.91 Å². The van der Waals surface area contributed by atoms with Gasteiger partial charge in [-0.25, -0.2) is 0 Å². The molecule has 2 rings (SSSR count). The molecule has 0 saturated heterocycles. The Balaban J connectivity index is 1.94. The molecule has 0 spiro atoms. The van der Waals surface area contributed by atoms with Gasteiger partial charge in [-0.3, -0.25) is 9.59 Å². The Morgan fingerprint density at radius 1 is 1.18 bits per heavy atom. The second-order valence-corrected chi connectivity index (χ2v) is 6.10. The van der Waals surface area contributed by atoms with Gasteiger partial charge in [0.15, 0.2) is 0 Å². The van der Waals surface area contributed by atoms with Crippen molar-refractivity contribution in [2.24, 2.45) is 11.8 Å². The minimum absolute atomic E-state index is 0.0959. The average Bonchev–Trinajstić information content (AvgIpc) is 2.56. The van der Waals surface area contributed by atoms with E-state index in [0.29, 0.717) is 19.4 Å². The number of carboxylic acids is 1. The maximum Gasteiger partial charge on any atom is 0.307 e. The van der Waals surface area contributed by atoms with Crippen molar-refractivity contribution in [2.75, 3.05) is 6.54 Å². The predicted octanol–water partition coefficient (Wildman–Crippen LogP) is 3.19. The Morgan fingerprint density at radius 2 is 1.82 bits per heavy atom. The van der Waals surface area contributed by atoms with Crippen LogP contribution in [-0.2, 0) is 9.59 Å². The molecule has 0 radical (unpaired) electrons. The quantitative estimate of drug-likeness (QED) is 0.848. The second-order valence-electron chi connectivity index (χ2n) is 6.10. The fraction of sp³-hybridized carbons (Fsp3) is 0.556. The molecule has 3 atom stereocenters. The molecule has 1 fully saturated rings. The minimum atomic E-state index is -0.838. The molecule has 1 aromatic carbocycles. The van der Waals surface area contributed by atoms with Gasteiger partial charge in [0.1, 0.15) is 0 Å². The SMILES string of the molecule is CC[C@H](CNC(=O)[C@H]1CCCC[C@@H]1C(=O)O)c1ccccc1. The molecule has 2 N–H and O–H groups in total. The summed E-state index contributed by atoms with van der Waals surface area (Å²) in [6.45, 7) is 2.67. The van der Waals surface area contributed by atoms with Crippen LogP contribution in [0.3, 0.4) is 0 Å². The fourth-order valence-electron chi connectivity index (χ4n) is 3.32. The number of carbonyl (C=O) groups is 2. The van der Waals surface area contributed by atoms with Gasteiger partial charge in [-0.1, -0.05) is 50.1 Å². The van der Waals surface area contributed by atoms with Crippen molar-refractivity contribution in [1.82, 2.24) is 5.32 Å². The molecule has 4 heteroatoms. The van der Waals surface area contributed by atoms with E-state index in [9.17, 15) is 14.7 Å². The van der Waals surface area contributed by atoms with Gasteiger partial charge < -0.3 is 10.4 Å². The molecular formula is C18H25NO3. The first-order chi connectivity index (χ1) is 10.6. The van der Waals surface area contributed by atoms with Crippen LogP contribution in [0.2, 0.25) is 0 Å². The summed E-state index contributed by atoms with van der Waals surface area (Å²) < 4.78 is 0. The van der Waals surface area contributed by atoms with Crippen LogP contribution in [0.5, 0.6) is 0 Å². The molecule has 0 aromatic heterocycles. The summed E-state index contributed by atoms with van der Waals surface area (Å²) in [5.41, 5.74) is 1.21. The third-order valence-corrected chi connectivity index (χ3v) is 4.71. The lowest BCUT2D eigenvalue weighted by molar-refractivity contribution is -0.148. The monoisotopic (exact) mass is 303 g/mol. The number of nitrogens with one attached hydrogen (secondary N) is 1. The van der Waals surface area contributed by atoms with Crippen LogP contribution in [-0.4, -0.2) is 23.5 Å². The van der Waals surface area contributed by atoms with Gasteiger partial charge in [0, 0.05) is 12.5 Å². The Bertz CT molecular complexity index is 500. The Labute approximate surface area is 131 Å². The molecule has 22 heavy (non-hydrogen) atoms. The summed E-state index contributed by atoms with van der Waals surface area (Å²) in [4.78, 5) is 23.7. The van der Waals surface area contributed by atoms with Gasteiger partial charge in [-0.15, -0.1) is 0 Å². The first-order valence-electron chi connectivity index (χ1n) is 8.19. The van der Waals surface area contributed by atoms with E-state index in [1.807, 2.05) is 18.2 Å². The van der Waals surface area contributed by atoms with Crippen LogP contribution in [0.4, 0.5) is 0 Å². The van der Waals surface area contributed by atoms with Crippen molar-refractivity contribution in [1.29, 1.82) is 0 Å². The summed E-state index contributed by atoms with van der Waals surface area (Å²) in [5.74, 6) is -1.56. The van der Waals surface area contributed by atoms with E-state index in [2.05, 4.69) is 24.4 Å². The molecule has 1 amide bonds. The average molecular weight is 303 g/mol. The number of carboxylic acid groups (broad SMARTS) is 1. The largest absolute Gasteiger partial charge is 0.481 e. The number of hydrogen-bond donors (Lipinski definition) is 2. The van der Waals surface area contributed by atoms with Crippen LogP contribution in [0.25, 0.3) is 0 Å². The lowest BCUT2D eigenvalue weighted by Crippen LogP contribution is -2.41. The molecule has 4 nitrogen and oxygen atoms in total. The van der Waals surface area contributed by atoms with Gasteiger partial charge in [-0.2, -0.15) is 0 Å². The molecule has 1 saturated carbocycles. The van der Waals surface area contributed by atoms with E-state index < -0.39 is 11.9 Å². The number of rotatable bonds is 6. The van der Waals surface area contributed by atoms with Crippen molar-refractivity contribution in [3.63, 3.8) is 0 Å². The molecule has 1 aliphatic rings. The van der Waals surface area contributed by atoms with E-state index >= 15 is 0 Å². The van der Waals surface area contributed by atoms with Crippen LogP contribution in [0, 0.1) is 11.8 Å². The third-order valence-electron chi connectivity index (χ3n) is 4.71. The smallest absolute Gasteiger partial charge is 0.307 e. The summed E-state index contributed by atoms with van der Waals surface area (Å²) in [7, 11) is 0. The molecule has 1 aromatic rings. The van der Waals surface area contributed by atoms with E-state index in [1.165, 1.54) is 5.56 Å². The third kappa shape index (κ3) is 4.09. The Morgan fingerprint density at radius 3 is 2.41 bits per heavy atom. The van der Waals surface area contributed by atoms with Crippen molar-refractivity contribution in [3.05, 3.63) is 35.9 Å². The summed E-state index contributed by atoms with van der Waals surface area (Å²) in [6.07, 6.45) is 4.09. The first-order valence-corrected chi connectivity index (χ1v) is 8.19. The summed E-state index contributed by atoms with van der Waals surface area (Å²) >= 11 is 0. The highest BCUT2D eigenvalue weighted by Crippen LogP contribution is 2.30. The van der Waals surface area contributed by atoms with Crippen LogP contribution in [0.15, 0.2) is 30.3 Å². The van der Waals surface area contributed by atoms with Crippen LogP contribution < -0.4 is 5.32 Å². The number of hydrogen-bond acceptors (Lipinski definition) is 2. The zero-order valence-electron chi connectivity index (χ0n) is 13.1. The van der Waals surface area contributed by atoms with Gasteiger partial charge in [0.05, 0.1) is 11.8 Å². The Hall–Kier alpha value is -1.84. The first kappa shape index (κ1) is 16.5. The van der Waals surface area contributed by atoms with Crippen molar-refractivity contribution >= 4 is 11.9 Å². The molecule has 120 valence electrons. The fourth-order valence-corrected chi connectivity index (χ4v) is 3.32. The highest BCUT2D eigenvalue weighted by molar-refractivity contribution is 5.84. The highest BCUT2D eigenvalue weighted by Gasteiger charge is 2.35. The van der Waals surface area contributed by atoms with Crippen molar-refractivity contribution < 1.29 is 14.7 Å². The van der Waals surface area contributed by atoms with E-state index in [1.54, 1.807) is 0 Å². The number of benzene rings is 1. The lowest BCUT2D eigenvalue weighted by Gasteiger charge is -2.28. The van der Waals surface area contributed by atoms with Crippen LogP contribution >= 0.6 is 0 Å². The summed E-state index contributed by atoms with van der Waals surface area (Å²) in [6, 6.07) is 10.1. The van der Waals surface area contributed by atoms with E-state index in [0.717, 1.165) is 19.3 Å². The second kappa shape index (κ2) is 7.97. The topological polar surface area (TPSA) is 66.4 Å². The molecule has 0 heterocycles. The minimum Gasteiger partial charge on any atom is -0.481 e. The maximum atomic E-state index is 12.4. The normalized spacial score (nSPS) is 22.8. The van der Waals surface area contributed by atoms with Crippen molar-refractivity contribution in [2.45, 2.75) is 44.9 Å². The standard InChI is InChI=1S/C18H25NO3/c1-2-13(14-8-4-3-5-9-14)12-19-17(20)15-10-6-7-11-16(15)18(21)22/h3-5,8-9,13,15-16H,2,6-7,10-12H2,1H3,(H,19,20)(H,21,22)/t13-,15+,16+/m1/s1. The maximum absolute atomic E-state index is 12.4. The van der Waals surface area contributed by atoms with Crippen molar-refractivity contribution in [3.8, 4) is 0 Å². The lowest BCUT2D eigenvalue weighted by atomic mass is 9.78. The number of amides is 1. The van der Waals surface area contributed by atoms with E-state index in [-0.39, 0.29) is 17.7 Å². The highest BCUT2D eigenvalue weighted by atomic mass is 16.4. The Kier molecular flexibility index (Phi) is 5.99. The zero-order valence-corrected chi connectivity index (χ0v) is 13.1.